The van der Waals surface area contributed by atoms with Crippen molar-refractivity contribution in [2.24, 2.45) is 0 Å². The third-order valence-corrected chi connectivity index (χ3v) is 5.45. The molecule has 0 aromatic rings. The number of halogens is 13. The van der Waals surface area contributed by atoms with Gasteiger partial charge in [0.2, 0.25) is 6.54 Å². The number of hydrogen-bond donors (Lipinski definition) is 0. The van der Waals surface area contributed by atoms with E-state index in [9.17, 15) is 70.4 Å². The average Bonchev–Trinajstić information content (AvgIpc) is 2.58. The lowest BCUT2D eigenvalue weighted by atomic mass is 9.93. The SMILES string of the molecule is CN(C)CCC[N+](=O)S(=O)(=O)CCC(F)(F)C(F)(F)C(F)(F)C(F)(F)C(F)(F)C(F)(F)F. The third kappa shape index (κ3) is 5.56. The van der Waals surface area contributed by atoms with Crippen molar-refractivity contribution in [2.75, 3.05) is 32.9 Å². The molecular formula is C13H16F13N2O3S+. The van der Waals surface area contributed by atoms with Crippen LogP contribution in [-0.2, 0) is 10.0 Å². The molecule has 0 bridgehead atoms. The first-order valence-electron chi connectivity index (χ1n) is 8.07. The normalized spacial score (nSPS) is 15.4. The van der Waals surface area contributed by atoms with Crippen LogP contribution in [0.5, 0.6) is 0 Å². The molecular weight excluding hydrogens is 511 g/mol. The van der Waals surface area contributed by atoms with Crippen LogP contribution in [-0.4, -0.2) is 86.2 Å². The molecule has 0 aliphatic heterocycles. The molecule has 192 valence electrons. The van der Waals surface area contributed by atoms with Crippen LogP contribution in [0.1, 0.15) is 12.8 Å². The van der Waals surface area contributed by atoms with Crippen molar-refractivity contribution in [1.82, 2.24) is 4.90 Å². The van der Waals surface area contributed by atoms with Crippen LogP contribution in [0.2, 0.25) is 0 Å². The fourth-order valence-electron chi connectivity index (χ4n) is 1.97. The molecule has 0 amide bonds. The van der Waals surface area contributed by atoms with Gasteiger partial charge in [-0.25, -0.2) is 0 Å². The number of alkyl halides is 13. The highest BCUT2D eigenvalue weighted by Crippen LogP contribution is 2.60. The molecule has 32 heavy (non-hydrogen) atoms. The van der Waals surface area contributed by atoms with Crippen LogP contribution in [0.3, 0.4) is 0 Å². The lowest BCUT2D eigenvalue weighted by molar-refractivity contribution is -0.440. The highest BCUT2D eigenvalue weighted by Gasteiger charge is 2.90. The maximum absolute atomic E-state index is 13.6. The van der Waals surface area contributed by atoms with E-state index in [2.05, 4.69) is 0 Å². The maximum Gasteiger partial charge on any atom is 0.460 e. The summed E-state index contributed by atoms with van der Waals surface area (Å²) >= 11 is 0. The van der Waals surface area contributed by atoms with Crippen molar-refractivity contribution in [3.63, 3.8) is 0 Å². The minimum absolute atomic E-state index is 0.0806. The topological polar surface area (TPSA) is 57.5 Å². The maximum atomic E-state index is 13.6. The zero-order valence-corrected chi connectivity index (χ0v) is 16.8. The molecule has 0 aliphatic carbocycles. The minimum Gasteiger partial charge on any atom is -0.309 e. The predicted octanol–water partition coefficient (Wildman–Crippen LogP) is 4.18. The molecule has 0 saturated heterocycles. The molecule has 0 aromatic heterocycles. The summed E-state index contributed by atoms with van der Waals surface area (Å²) in [5, 5.41) is 0. The van der Waals surface area contributed by atoms with E-state index in [1.54, 1.807) is 0 Å². The fourth-order valence-corrected chi connectivity index (χ4v) is 3.10. The molecule has 0 aliphatic rings. The molecule has 5 nitrogen and oxygen atoms in total. The molecule has 0 aromatic carbocycles. The van der Waals surface area contributed by atoms with E-state index in [-0.39, 0.29) is 13.0 Å². The second kappa shape index (κ2) is 9.09. The van der Waals surface area contributed by atoms with Crippen LogP contribution >= 0.6 is 0 Å². The molecule has 0 rings (SSSR count). The van der Waals surface area contributed by atoms with Gasteiger partial charge < -0.3 is 4.90 Å². The van der Waals surface area contributed by atoms with Crippen LogP contribution < -0.4 is 0 Å². The van der Waals surface area contributed by atoms with Crippen LogP contribution in [0, 0.1) is 4.91 Å². The smallest absolute Gasteiger partial charge is 0.309 e. The molecule has 0 spiro atoms. The van der Waals surface area contributed by atoms with E-state index in [1.807, 2.05) is 0 Å². The highest BCUT2D eigenvalue weighted by atomic mass is 32.2. The molecule has 0 saturated carbocycles. The van der Waals surface area contributed by atoms with Crippen molar-refractivity contribution in [3.05, 3.63) is 4.91 Å². The third-order valence-electron chi connectivity index (χ3n) is 3.93. The molecule has 0 atom stereocenters. The van der Waals surface area contributed by atoms with Gasteiger partial charge in [-0.2, -0.15) is 65.5 Å². The molecule has 0 heterocycles. The summed E-state index contributed by atoms with van der Waals surface area (Å²) in [6, 6.07) is 0. The summed E-state index contributed by atoms with van der Waals surface area (Å²) in [7, 11) is -2.45. The number of nitrogens with zero attached hydrogens (tertiary/aromatic N) is 2. The fraction of sp³-hybridized carbons (Fsp3) is 1.00. The van der Waals surface area contributed by atoms with E-state index < -0.39 is 68.7 Å². The summed E-state index contributed by atoms with van der Waals surface area (Å²) in [6.07, 6.45) is -10.7. The Labute approximate surface area is 172 Å². The van der Waals surface area contributed by atoms with Gasteiger partial charge in [0.15, 0.2) is 0 Å². The lowest BCUT2D eigenvalue weighted by Crippen LogP contribution is -2.70. The van der Waals surface area contributed by atoms with E-state index in [4.69, 9.17) is 0 Å². The standard InChI is InChI=1S/C13H16F13N2O3S/c1-27(2)5-3-6-28(29)32(30,31)7-4-8(14,15)9(16,17)10(18,19)11(20,21)12(22,23)13(24,25)26/h3-7H2,1-2H3/q+1. The Bertz CT molecular complexity index is 778. The number of sulfonamides is 1. The van der Waals surface area contributed by atoms with Crippen molar-refractivity contribution >= 4 is 10.0 Å². The van der Waals surface area contributed by atoms with Gasteiger partial charge >= 0.3 is 45.8 Å². The van der Waals surface area contributed by atoms with Crippen LogP contribution in [0.4, 0.5) is 57.1 Å². The van der Waals surface area contributed by atoms with Crippen molar-refractivity contribution in [2.45, 2.75) is 48.6 Å². The zero-order chi connectivity index (χ0) is 26.2. The van der Waals surface area contributed by atoms with Crippen molar-refractivity contribution < 1.29 is 69.7 Å². The summed E-state index contributed by atoms with van der Waals surface area (Å²) < 4.78 is 190. The number of rotatable bonds is 12. The molecule has 0 fully saturated rings. The second-order valence-corrected chi connectivity index (χ2v) is 8.73. The van der Waals surface area contributed by atoms with Gasteiger partial charge in [0.1, 0.15) is 9.92 Å². The number of hydrogen-bond acceptors (Lipinski definition) is 4. The Balaban J connectivity index is 5.80. The van der Waals surface area contributed by atoms with Crippen LogP contribution in [0.15, 0.2) is 0 Å². The van der Waals surface area contributed by atoms with Gasteiger partial charge in [-0.3, -0.25) is 0 Å². The van der Waals surface area contributed by atoms with Gasteiger partial charge in [-0.05, 0) is 14.1 Å². The van der Waals surface area contributed by atoms with Crippen molar-refractivity contribution in [1.29, 1.82) is 0 Å². The first kappa shape index (κ1) is 30.6. The molecule has 0 radical (unpaired) electrons. The van der Waals surface area contributed by atoms with E-state index in [0.717, 1.165) is 0 Å². The first-order chi connectivity index (χ1) is 13.8. The summed E-state index contributed by atoms with van der Waals surface area (Å²) in [6.45, 7) is -0.828. The van der Waals surface area contributed by atoms with E-state index in [0.29, 0.717) is 0 Å². The highest BCUT2D eigenvalue weighted by molar-refractivity contribution is 7.85. The van der Waals surface area contributed by atoms with E-state index in [1.165, 1.54) is 19.0 Å². The Hall–Kier alpha value is -1.40. The largest absolute Gasteiger partial charge is 0.460 e. The lowest BCUT2D eigenvalue weighted by Gasteiger charge is -2.39. The first-order valence-corrected chi connectivity index (χ1v) is 9.68. The molecule has 0 N–H and O–H groups in total. The molecule has 19 heteroatoms. The summed E-state index contributed by atoms with van der Waals surface area (Å²) in [4.78, 5) is 12.8. The van der Waals surface area contributed by atoms with Gasteiger partial charge in [-0.1, -0.05) is 0 Å². The van der Waals surface area contributed by atoms with Gasteiger partial charge in [0.25, 0.3) is 0 Å². The molecule has 0 unspecified atom stereocenters. The Morgan fingerprint density at radius 2 is 1.12 bits per heavy atom. The van der Waals surface area contributed by atoms with Crippen LogP contribution in [0.25, 0.3) is 0 Å². The average molecular weight is 527 g/mol. The number of nitroso groups, excluding NO2 is 1. The van der Waals surface area contributed by atoms with Gasteiger partial charge in [-0.15, -0.1) is 0 Å². The monoisotopic (exact) mass is 527 g/mol. The summed E-state index contributed by atoms with van der Waals surface area (Å²) in [5.41, 5.74) is 0. The van der Waals surface area contributed by atoms with E-state index >= 15 is 0 Å². The Kier molecular flexibility index (Phi) is 8.70. The van der Waals surface area contributed by atoms with Gasteiger partial charge in [0.05, 0.1) is 0 Å². The minimum atomic E-state index is -8.07. The van der Waals surface area contributed by atoms with Gasteiger partial charge in [0, 0.05) is 24.3 Å². The quantitative estimate of drug-likeness (QED) is 0.283. The van der Waals surface area contributed by atoms with Crippen molar-refractivity contribution in [3.8, 4) is 0 Å². The second-order valence-electron chi connectivity index (χ2n) is 6.75. The predicted molar refractivity (Wildman–Crippen MR) is 80.9 cm³/mol. The Morgan fingerprint density at radius 3 is 1.50 bits per heavy atom. The zero-order valence-electron chi connectivity index (χ0n) is 16.0. The Morgan fingerprint density at radius 1 is 0.719 bits per heavy atom. The summed E-state index contributed by atoms with van der Waals surface area (Å²) in [5.74, 6) is -40.4.